The van der Waals surface area contributed by atoms with Crippen LogP contribution in [0, 0.1) is 11.8 Å². The van der Waals surface area contributed by atoms with Gasteiger partial charge in [0.05, 0.1) is 25.9 Å². The van der Waals surface area contributed by atoms with Gasteiger partial charge < -0.3 is 14.2 Å². The van der Waals surface area contributed by atoms with Gasteiger partial charge in [0.15, 0.2) is 11.5 Å². The van der Waals surface area contributed by atoms with Crippen molar-refractivity contribution in [3.63, 3.8) is 0 Å². The Morgan fingerprint density at radius 1 is 1.06 bits per heavy atom. The van der Waals surface area contributed by atoms with Crippen molar-refractivity contribution in [1.29, 1.82) is 0 Å². The zero-order valence-electron chi connectivity index (χ0n) is 19.4. The summed E-state index contributed by atoms with van der Waals surface area (Å²) in [5, 5.41) is 0. The molecule has 0 spiro atoms. The fraction of sp³-hybridized carbons (Fsp3) is 0.286. The van der Waals surface area contributed by atoms with Crippen LogP contribution in [-0.4, -0.2) is 37.0 Å². The predicted octanol–water partition coefficient (Wildman–Crippen LogP) is 5.18. The lowest BCUT2D eigenvalue weighted by Crippen LogP contribution is -2.41. The van der Waals surface area contributed by atoms with E-state index in [9.17, 15) is 4.79 Å². The van der Waals surface area contributed by atoms with E-state index in [1.165, 1.54) is 0 Å². The number of hydrogen-bond donors (Lipinski definition) is 0. The third-order valence-corrected chi connectivity index (χ3v) is 6.47. The molecule has 2 heterocycles. The Morgan fingerprint density at radius 3 is 2.71 bits per heavy atom. The van der Waals surface area contributed by atoms with Crippen molar-refractivity contribution in [3.05, 3.63) is 90.5 Å². The molecule has 0 aromatic heterocycles. The number of benzene rings is 1. The van der Waals surface area contributed by atoms with Crippen molar-refractivity contribution in [2.24, 2.45) is 16.8 Å². The van der Waals surface area contributed by atoms with E-state index in [4.69, 9.17) is 14.2 Å². The number of amidine groups is 1. The third kappa shape index (κ3) is 4.12. The summed E-state index contributed by atoms with van der Waals surface area (Å²) in [5.74, 6) is 2.49. The molecule has 1 aromatic rings. The minimum absolute atomic E-state index is 0.000668. The van der Waals surface area contributed by atoms with Gasteiger partial charge >= 0.3 is 0 Å². The molecule has 2 aliphatic heterocycles. The number of rotatable bonds is 6. The van der Waals surface area contributed by atoms with E-state index >= 15 is 0 Å². The Kier molecular flexibility index (Phi) is 6.21. The molecule has 6 nitrogen and oxygen atoms in total. The van der Waals surface area contributed by atoms with Crippen molar-refractivity contribution in [2.45, 2.75) is 25.4 Å². The Labute approximate surface area is 199 Å². The van der Waals surface area contributed by atoms with Crippen molar-refractivity contribution in [2.75, 3.05) is 14.2 Å². The largest absolute Gasteiger partial charge is 0.493 e. The van der Waals surface area contributed by atoms with Gasteiger partial charge in [0.2, 0.25) is 5.91 Å². The highest BCUT2D eigenvalue weighted by atomic mass is 16.5. The fourth-order valence-electron chi connectivity index (χ4n) is 4.72. The molecule has 1 amide bonds. The molecule has 5 rings (SSSR count). The van der Waals surface area contributed by atoms with Crippen LogP contribution in [0.2, 0.25) is 0 Å². The van der Waals surface area contributed by atoms with Gasteiger partial charge in [-0.2, -0.15) is 0 Å². The molecule has 4 aliphatic rings. The highest BCUT2D eigenvalue weighted by Crippen LogP contribution is 2.40. The number of aliphatic imine (C=N–C) groups is 1. The molecule has 6 heteroatoms. The molecular formula is C28H28N2O4. The maximum absolute atomic E-state index is 13.8. The molecule has 0 N–H and O–H groups in total. The van der Waals surface area contributed by atoms with E-state index in [-0.39, 0.29) is 17.9 Å². The van der Waals surface area contributed by atoms with Gasteiger partial charge in [0, 0.05) is 24.7 Å². The predicted molar refractivity (Wildman–Crippen MR) is 132 cm³/mol. The Balaban J connectivity index is 1.46. The van der Waals surface area contributed by atoms with Crippen molar-refractivity contribution < 1.29 is 19.0 Å². The second kappa shape index (κ2) is 9.59. The average molecular weight is 457 g/mol. The molecule has 34 heavy (non-hydrogen) atoms. The van der Waals surface area contributed by atoms with Gasteiger partial charge in [-0.3, -0.25) is 9.69 Å². The summed E-state index contributed by atoms with van der Waals surface area (Å²) in [4.78, 5) is 20.2. The summed E-state index contributed by atoms with van der Waals surface area (Å²) in [7, 11) is 3.24. The van der Waals surface area contributed by atoms with E-state index < -0.39 is 5.92 Å². The van der Waals surface area contributed by atoms with E-state index in [1.807, 2.05) is 66.9 Å². The van der Waals surface area contributed by atoms with Crippen LogP contribution in [0.5, 0.6) is 11.5 Å². The molecule has 2 aliphatic carbocycles. The second-order valence-corrected chi connectivity index (χ2v) is 8.50. The van der Waals surface area contributed by atoms with Gasteiger partial charge in [-0.1, -0.05) is 42.5 Å². The maximum Gasteiger partial charge on any atom is 0.243 e. The molecule has 1 aromatic carbocycles. The first-order chi connectivity index (χ1) is 16.7. The summed E-state index contributed by atoms with van der Waals surface area (Å²) in [6.07, 6.45) is 21.8. The van der Waals surface area contributed by atoms with Gasteiger partial charge in [0.25, 0.3) is 0 Å². The van der Waals surface area contributed by atoms with Crippen LogP contribution in [0.3, 0.4) is 0 Å². The minimum atomic E-state index is -0.438. The molecule has 0 fully saturated rings. The molecule has 0 saturated heterocycles. The molecule has 3 unspecified atom stereocenters. The summed E-state index contributed by atoms with van der Waals surface area (Å²) >= 11 is 0. The van der Waals surface area contributed by atoms with Crippen LogP contribution in [0.15, 0.2) is 90.0 Å². The zero-order chi connectivity index (χ0) is 23.5. The third-order valence-electron chi connectivity index (χ3n) is 6.47. The highest BCUT2D eigenvalue weighted by molar-refractivity contribution is 6.11. The van der Waals surface area contributed by atoms with E-state index in [2.05, 4.69) is 11.1 Å². The summed E-state index contributed by atoms with van der Waals surface area (Å²) in [6.45, 7) is 0. The first-order valence-corrected chi connectivity index (χ1v) is 11.6. The quantitative estimate of drug-likeness (QED) is 0.592. The summed E-state index contributed by atoms with van der Waals surface area (Å²) in [6, 6.07) is 5.84. The van der Waals surface area contributed by atoms with E-state index in [1.54, 1.807) is 25.3 Å². The Bertz CT molecular complexity index is 1180. The number of fused-ring (bicyclic) bond motifs is 1. The van der Waals surface area contributed by atoms with Gasteiger partial charge in [-0.05, 0) is 48.3 Å². The molecule has 0 saturated carbocycles. The number of hydrogen-bond acceptors (Lipinski definition) is 5. The number of ether oxygens (including phenoxy) is 3. The number of nitrogens with zero attached hydrogens (tertiary/aromatic N) is 2. The van der Waals surface area contributed by atoms with Crippen LogP contribution in [0.25, 0.3) is 5.57 Å². The van der Waals surface area contributed by atoms with Crippen LogP contribution in [-0.2, 0) is 9.53 Å². The number of carbonyl (C=O) groups is 1. The fourth-order valence-corrected chi connectivity index (χ4v) is 4.72. The minimum Gasteiger partial charge on any atom is -0.493 e. The monoisotopic (exact) mass is 456 g/mol. The van der Waals surface area contributed by atoms with Crippen LogP contribution in [0.1, 0.15) is 24.8 Å². The lowest BCUT2D eigenvalue weighted by molar-refractivity contribution is -0.130. The molecule has 0 radical (unpaired) electrons. The molecular weight excluding hydrogens is 428 g/mol. The van der Waals surface area contributed by atoms with Crippen molar-refractivity contribution in [1.82, 2.24) is 4.90 Å². The highest BCUT2D eigenvalue weighted by Gasteiger charge is 2.40. The number of carbonyl (C=O) groups excluding carboxylic acids is 1. The molecule has 174 valence electrons. The zero-order valence-corrected chi connectivity index (χ0v) is 19.4. The average Bonchev–Trinajstić information content (AvgIpc) is 3.28. The Morgan fingerprint density at radius 2 is 1.91 bits per heavy atom. The summed E-state index contributed by atoms with van der Waals surface area (Å²) < 4.78 is 17.1. The molecule has 0 bridgehead atoms. The maximum atomic E-state index is 13.8. The van der Waals surface area contributed by atoms with Crippen molar-refractivity contribution in [3.8, 4) is 11.5 Å². The SMILES string of the molecule is COc1ccc(C2=CN(C(=O)C3C=CC=CC3OC3=CC=CCC3)C3=NC=CCC23)cc1OC. The Hall–Kier alpha value is -3.80. The topological polar surface area (TPSA) is 60.4 Å². The summed E-state index contributed by atoms with van der Waals surface area (Å²) in [5.41, 5.74) is 2.01. The van der Waals surface area contributed by atoms with E-state index in [0.717, 1.165) is 42.0 Å². The van der Waals surface area contributed by atoms with E-state index in [0.29, 0.717) is 11.5 Å². The molecule has 3 atom stereocenters. The smallest absolute Gasteiger partial charge is 0.243 e. The standard InChI is InChI=1S/C28H28N2O4/c1-32-25-15-14-19(17-26(25)33-2)23-18-30(27-21(23)12-8-16-29-27)28(31)22-11-6-7-13-24(22)34-20-9-4-3-5-10-20/h3-4,6-9,11,13-18,21-22,24H,5,10,12H2,1-2H3. The number of methoxy groups -OCH3 is 2. The number of amides is 1. The van der Waals surface area contributed by atoms with Gasteiger partial charge in [0.1, 0.15) is 11.9 Å². The first-order valence-electron chi connectivity index (χ1n) is 11.6. The normalized spacial score (nSPS) is 24.8. The lowest BCUT2D eigenvalue weighted by Gasteiger charge is -2.29. The van der Waals surface area contributed by atoms with Gasteiger partial charge in [-0.25, -0.2) is 4.99 Å². The van der Waals surface area contributed by atoms with Crippen LogP contribution in [0.4, 0.5) is 0 Å². The van der Waals surface area contributed by atoms with Crippen LogP contribution >= 0.6 is 0 Å². The van der Waals surface area contributed by atoms with Crippen LogP contribution < -0.4 is 9.47 Å². The second-order valence-electron chi connectivity index (χ2n) is 8.50. The lowest BCUT2D eigenvalue weighted by atomic mass is 9.90. The first kappa shape index (κ1) is 22.0. The van der Waals surface area contributed by atoms with Gasteiger partial charge in [-0.15, -0.1) is 0 Å². The number of allylic oxidation sites excluding steroid dienone is 7. The van der Waals surface area contributed by atoms with Crippen molar-refractivity contribution >= 4 is 17.3 Å².